The first kappa shape index (κ1) is 19.5. The molecule has 0 amide bonds. The lowest BCUT2D eigenvalue weighted by molar-refractivity contribution is -0.237. The SMILES string of the molecule is C[C@H](C=O)[C@H]1CC[C@H]2[C@@H]3[C@H](F)C[C@H]4CC5(CC[C@]4(C)[C@H]3CC[C@]12C)OCCO5. The Hall–Kier alpha value is -0.480. The van der Waals surface area contributed by atoms with Crippen LogP contribution < -0.4 is 0 Å². The first-order chi connectivity index (χ1) is 13.3. The van der Waals surface area contributed by atoms with Gasteiger partial charge in [-0.05, 0) is 78.9 Å². The number of carbonyl (C=O) groups is 1. The second kappa shape index (κ2) is 6.51. The van der Waals surface area contributed by atoms with Crippen LogP contribution in [0.3, 0.4) is 0 Å². The predicted octanol–water partition coefficient (Wildman–Crippen LogP) is 5.17. The molecule has 4 aliphatic carbocycles. The molecule has 1 heterocycles. The van der Waals surface area contributed by atoms with Gasteiger partial charge in [0.1, 0.15) is 12.5 Å². The summed E-state index contributed by atoms with van der Waals surface area (Å²) in [5, 5.41) is 0. The van der Waals surface area contributed by atoms with Gasteiger partial charge in [-0.2, -0.15) is 0 Å². The molecule has 0 aromatic heterocycles. The Morgan fingerprint density at radius 1 is 1.00 bits per heavy atom. The number of alkyl halides is 1. The quantitative estimate of drug-likeness (QED) is 0.608. The smallest absolute Gasteiger partial charge is 0.168 e. The van der Waals surface area contributed by atoms with Gasteiger partial charge in [0.2, 0.25) is 0 Å². The minimum Gasteiger partial charge on any atom is -0.348 e. The lowest BCUT2D eigenvalue weighted by atomic mass is 9.43. The van der Waals surface area contributed by atoms with Gasteiger partial charge in [0.15, 0.2) is 5.79 Å². The summed E-state index contributed by atoms with van der Waals surface area (Å²) in [5.74, 6) is 1.59. The number of ether oxygens (including phenoxy) is 2. The third-order valence-electron chi connectivity index (χ3n) is 10.4. The van der Waals surface area contributed by atoms with Crippen molar-refractivity contribution in [2.24, 2.45) is 46.3 Å². The molecule has 158 valence electrons. The number of hydrogen-bond donors (Lipinski definition) is 0. The van der Waals surface area contributed by atoms with Gasteiger partial charge in [-0.25, -0.2) is 4.39 Å². The average molecular weight is 393 g/mol. The van der Waals surface area contributed by atoms with Gasteiger partial charge in [-0.3, -0.25) is 0 Å². The molecular formula is C24H37FO3. The molecule has 0 N–H and O–H groups in total. The fraction of sp³-hybridized carbons (Fsp3) is 0.958. The second-order valence-electron chi connectivity index (χ2n) is 11.3. The maximum Gasteiger partial charge on any atom is 0.168 e. The second-order valence-corrected chi connectivity index (χ2v) is 11.3. The van der Waals surface area contributed by atoms with E-state index in [4.69, 9.17) is 9.47 Å². The van der Waals surface area contributed by atoms with Crippen LogP contribution >= 0.6 is 0 Å². The van der Waals surface area contributed by atoms with Gasteiger partial charge in [-0.15, -0.1) is 0 Å². The summed E-state index contributed by atoms with van der Waals surface area (Å²) >= 11 is 0. The number of halogens is 1. The van der Waals surface area contributed by atoms with E-state index >= 15 is 4.39 Å². The van der Waals surface area contributed by atoms with Crippen molar-refractivity contribution in [1.82, 2.24) is 0 Å². The van der Waals surface area contributed by atoms with E-state index in [1.807, 2.05) is 0 Å². The van der Waals surface area contributed by atoms with Crippen LogP contribution in [0.25, 0.3) is 0 Å². The van der Waals surface area contributed by atoms with E-state index in [0.29, 0.717) is 43.3 Å². The summed E-state index contributed by atoms with van der Waals surface area (Å²) < 4.78 is 27.8. The normalized spacial score (nSPS) is 53.3. The van der Waals surface area contributed by atoms with Crippen LogP contribution in [-0.4, -0.2) is 31.5 Å². The molecule has 1 aliphatic heterocycles. The highest BCUT2D eigenvalue weighted by molar-refractivity contribution is 5.53. The summed E-state index contributed by atoms with van der Waals surface area (Å²) in [5.41, 5.74) is 0.353. The summed E-state index contributed by atoms with van der Waals surface area (Å²) in [6.45, 7) is 8.27. The van der Waals surface area contributed by atoms with E-state index < -0.39 is 12.0 Å². The Morgan fingerprint density at radius 3 is 2.43 bits per heavy atom. The lowest BCUT2D eigenvalue weighted by Crippen LogP contribution is -2.59. The molecule has 5 aliphatic rings. The molecule has 1 saturated heterocycles. The summed E-state index contributed by atoms with van der Waals surface area (Å²) in [7, 11) is 0. The fourth-order valence-electron chi connectivity index (χ4n) is 8.87. The summed E-state index contributed by atoms with van der Waals surface area (Å²) in [6, 6.07) is 0. The monoisotopic (exact) mass is 392 g/mol. The van der Waals surface area contributed by atoms with Crippen molar-refractivity contribution in [3.63, 3.8) is 0 Å². The number of fused-ring (bicyclic) bond motifs is 5. The van der Waals surface area contributed by atoms with E-state index in [2.05, 4.69) is 20.8 Å². The zero-order valence-corrected chi connectivity index (χ0v) is 17.8. The van der Waals surface area contributed by atoms with Gasteiger partial charge in [0.05, 0.1) is 13.2 Å². The number of rotatable bonds is 2. The van der Waals surface area contributed by atoms with Crippen molar-refractivity contribution in [1.29, 1.82) is 0 Å². The molecule has 0 unspecified atom stereocenters. The number of carbonyl (C=O) groups excluding carboxylic acids is 1. The molecule has 4 heteroatoms. The topological polar surface area (TPSA) is 35.5 Å². The van der Waals surface area contributed by atoms with Crippen LogP contribution in [-0.2, 0) is 14.3 Å². The Morgan fingerprint density at radius 2 is 1.71 bits per heavy atom. The molecule has 0 bridgehead atoms. The van der Waals surface area contributed by atoms with Crippen LogP contribution in [0.4, 0.5) is 4.39 Å². The largest absolute Gasteiger partial charge is 0.348 e. The molecule has 4 saturated carbocycles. The van der Waals surface area contributed by atoms with Crippen LogP contribution in [0.2, 0.25) is 0 Å². The van der Waals surface area contributed by atoms with Gasteiger partial charge >= 0.3 is 0 Å². The Kier molecular flexibility index (Phi) is 4.53. The lowest BCUT2D eigenvalue weighted by Gasteiger charge is -2.62. The predicted molar refractivity (Wildman–Crippen MR) is 105 cm³/mol. The fourth-order valence-corrected chi connectivity index (χ4v) is 8.87. The number of hydrogen-bond acceptors (Lipinski definition) is 3. The highest BCUT2D eigenvalue weighted by Crippen LogP contribution is 2.69. The third kappa shape index (κ3) is 2.55. The zero-order valence-electron chi connectivity index (χ0n) is 17.8. The Bertz CT molecular complexity index is 631. The molecule has 5 rings (SSSR count). The van der Waals surface area contributed by atoms with E-state index in [-0.39, 0.29) is 22.7 Å². The standard InChI is InChI=1S/C24H37FO3/c1-15(14-26)17-4-5-18-21-19(6-7-23(17,18)3)22(2)8-9-24(27-10-11-28-24)13-16(22)12-20(21)25/h14-21H,4-13H2,1-3H3/t15-,16+,17-,18+,19+,20-,21+,22+,23-/m1/s1. The zero-order chi connectivity index (χ0) is 19.7. The van der Waals surface area contributed by atoms with E-state index in [1.165, 1.54) is 0 Å². The average Bonchev–Trinajstić information content (AvgIpc) is 3.27. The van der Waals surface area contributed by atoms with Gasteiger partial charge in [0.25, 0.3) is 0 Å². The van der Waals surface area contributed by atoms with Crippen LogP contribution in [0.5, 0.6) is 0 Å². The Labute approximate surface area is 169 Å². The molecule has 1 spiro atoms. The Balaban J connectivity index is 1.42. The maximum absolute atomic E-state index is 15.8. The molecule has 9 atom stereocenters. The van der Waals surface area contributed by atoms with Gasteiger partial charge in [0, 0.05) is 18.8 Å². The van der Waals surface area contributed by atoms with E-state index in [9.17, 15) is 4.79 Å². The molecular weight excluding hydrogens is 355 g/mol. The summed E-state index contributed by atoms with van der Waals surface area (Å²) in [6.07, 6.45) is 8.53. The van der Waals surface area contributed by atoms with Crippen molar-refractivity contribution in [3.8, 4) is 0 Å². The van der Waals surface area contributed by atoms with Crippen LogP contribution in [0.1, 0.15) is 72.1 Å². The van der Waals surface area contributed by atoms with Crippen LogP contribution in [0, 0.1) is 46.3 Å². The minimum absolute atomic E-state index is 0.0998. The third-order valence-corrected chi connectivity index (χ3v) is 10.4. The molecule has 0 radical (unpaired) electrons. The minimum atomic E-state index is -0.713. The van der Waals surface area contributed by atoms with Crippen molar-refractivity contribution in [2.75, 3.05) is 13.2 Å². The van der Waals surface area contributed by atoms with Gasteiger partial charge in [-0.1, -0.05) is 20.8 Å². The molecule has 0 aromatic carbocycles. The first-order valence-corrected chi connectivity index (χ1v) is 11.7. The number of aldehydes is 1. The van der Waals surface area contributed by atoms with Crippen molar-refractivity contribution in [3.05, 3.63) is 0 Å². The van der Waals surface area contributed by atoms with Crippen LogP contribution in [0.15, 0.2) is 0 Å². The van der Waals surface area contributed by atoms with Crippen molar-refractivity contribution < 1.29 is 18.7 Å². The van der Waals surface area contributed by atoms with E-state index in [1.54, 1.807) is 0 Å². The van der Waals surface area contributed by atoms with Crippen molar-refractivity contribution in [2.45, 2.75) is 84.1 Å². The molecule has 0 aromatic rings. The van der Waals surface area contributed by atoms with E-state index in [0.717, 1.165) is 51.2 Å². The highest BCUT2D eigenvalue weighted by atomic mass is 19.1. The first-order valence-electron chi connectivity index (χ1n) is 11.7. The molecule has 5 fully saturated rings. The summed E-state index contributed by atoms with van der Waals surface area (Å²) in [4.78, 5) is 11.5. The molecule has 3 nitrogen and oxygen atoms in total. The molecule has 28 heavy (non-hydrogen) atoms. The van der Waals surface area contributed by atoms with Crippen molar-refractivity contribution >= 4 is 6.29 Å². The maximum atomic E-state index is 15.8. The van der Waals surface area contributed by atoms with Gasteiger partial charge < -0.3 is 14.3 Å². The highest BCUT2D eigenvalue weighted by Gasteiger charge is 2.64.